The van der Waals surface area contributed by atoms with Crippen molar-refractivity contribution in [2.45, 2.75) is 13.3 Å². The van der Waals surface area contributed by atoms with Crippen LogP contribution >= 0.6 is 0 Å². The van der Waals surface area contributed by atoms with Crippen LogP contribution in [0.1, 0.15) is 24.5 Å². The predicted octanol–water partition coefficient (Wildman–Crippen LogP) is 4.82. The minimum absolute atomic E-state index is 0.257. The van der Waals surface area contributed by atoms with Crippen molar-refractivity contribution < 1.29 is 10.2 Å². The first-order valence-corrected chi connectivity index (χ1v) is 7.73. The van der Waals surface area contributed by atoms with Crippen molar-refractivity contribution in [1.82, 2.24) is 0 Å². The fraction of sp³-hybridized carbons (Fsp3) is 0.0952. The van der Waals surface area contributed by atoms with E-state index in [0.717, 1.165) is 29.0 Å². The zero-order valence-electron chi connectivity index (χ0n) is 13.0. The highest BCUT2D eigenvalue weighted by Crippen LogP contribution is 2.42. The molecule has 1 saturated carbocycles. The van der Waals surface area contributed by atoms with Crippen LogP contribution in [0.15, 0.2) is 48.5 Å². The molecular formula is C21H19O2. The van der Waals surface area contributed by atoms with Crippen molar-refractivity contribution in [2.24, 2.45) is 0 Å². The minimum atomic E-state index is 0.257. The molecular weight excluding hydrogens is 284 g/mol. The van der Waals surface area contributed by atoms with E-state index >= 15 is 0 Å². The molecule has 0 bridgehead atoms. The maximum atomic E-state index is 9.87. The molecule has 0 unspecified atom stereocenters. The Kier molecular flexibility index (Phi) is 4.71. The molecule has 0 atom stereocenters. The van der Waals surface area contributed by atoms with Gasteiger partial charge in [-0.1, -0.05) is 31.2 Å². The number of rotatable bonds is 4. The van der Waals surface area contributed by atoms with Crippen LogP contribution in [0.25, 0.3) is 11.1 Å². The molecule has 115 valence electrons. The average Bonchev–Trinajstić information content (AvgIpc) is 3.07. The Hall–Kier alpha value is -2.22. The number of allylic oxidation sites excluding steroid dienone is 2. The largest absolute Gasteiger partial charge is 0.508 e. The van der Waals surface area contributed by atoms with Gasteiger partial charge in [-0.2, -0.15) is 0 Å². The molecule has 0 aromatic heterocycles. The lowest BCUT2D eigenvalue weighted by atomic mass is 9.83. The predicted molar refractivity (Wildman–Crippen MR) is 93.8 cm³/mol. The summed E-state index contributed by atoms with van der Waals surface area (Å²) in [5.41, 5.74) is 4.35. The topological polar surface area (TPSA) is 40.5 Å². The molecule has 23 heavy (non-hydrogen) atoms. The fourth-order valence-electron chi connectivity index (χ4n) is 2.91. The Morgan fingerprint density at radius 3 is 2.13 bits per heavy atom. The third kappa shape index (κ3) is 3.42. The Balaban J connectivity index is 2.16. The lowest BCUT2D eigenvalue weighted by Crippen LogP contribution is -2.01. The van der Waals surface area contributed by atoms with Gasteiger partial charge in [0.15, 0.2) is 0 Å². The molecule has 2 nitrogen and oxygen atoms in total. The van der Waals surface area contributed by atoms with Crippen molar-refractivity contribution in [1.29, 1.82) is 0 Å². The Morgan fingerprint density at radius 2 is 1.52 bits per heavy atom. The first kappa shape index (κ1) is 15.7. The van der Waals surface area contributed by atoms with Crippen LogP contribution in [0.4, 0.5) is 0 Å². The quantitative estimate of drug-likeness (QED) is 0.795. The summed E-state index contributed by atoms with van der Waals surface area (Å²) in [6.07, 6.45) is 9.04. The molecule has 1 aliphatic carbocycles. The van der Waals surface area contributed by atoms with Crippen LogP contribution in [0.3, 0.4) is 0 Å². The Bertz CT molecular complexity index is 692. The lowest BCUT2D eigenvalue weighted by molar-refractivity contribution is 0.474. The smallest absolute Gasteiger partial charge is 0.116 e. The van der Waals surface area contributed by atoms with Crippen LogP contribution in [0, 0.1) is 31.6 Å². The van der Waals surface area contributed by atoms with Crippen LogP contribution in [-0.2, 0) is 0 Å². The highest BCUT2D eigenvalue weighted by atomic mass is 16.3. The van der Waals surface area contributed by atoms with Gasteiger partial charge >= 0.3 is 0 Å². The summed E-state index contributed by atoms with van der Waals surface area (Å²) in [5.74, 6) is 1.64. The van der Waals surface area contributed by atoms with Crippen molar-refractivity contribution >= 4 is 11.1 Å². The second-order valence-corrected chi connectivity index (χ2v) is 5.48. The summed E-state index contributed by atoms with van der Waals surface area (Å²) in [7, 11) is 0. The molecule has 0 spiro atoms. The number of benzene rings is 2. The summed E-state index contributed by atoms with van der Waals surface area (Å²) in [6.45, 7) is 2.12. The molecule has 2 heteroatoms. The monoisotopic (exact) mass is 303 g/mol. The van der Waals surface area contributed by atoms with Crippen LogP contribution in [-0.4, -0.2) is 10.2 Å². The van der Waals surface area contributed by atoms with Gasteiger partial charge in [-0.05, 0) is 78.6 Å². The fourth-order valence-corrected chi connectivity index (χ4v) is 2.91. The van der Waals surface area contributed by atoms with E-state index in [0.29, 0.717) is 0 Å². The minimum Gasteiger partial charge on any atom is -0.508 e. The van der Waals surface area contributed by atoms with E-state index < -0.39 is 0 Å². The summed E-state index contributed by atoms with van der Waals surface area (Å²) >= 11 is 0. The molecule has 2 aromatic rings. The summed E-state index contributed by atoms with van der Waals surface area (Å²) in [5, 5.41) is 19.4. The molecule has 2 aromatic carbocycles. The molecule has 3 rings (SSSR count). The van der Waals surface area contributed by atoms with Gasteiger partial charge < -0.3 is 10.2 Å². The summed E-state index contributed by atoms with van der Waals surface area (Å²) in [4.78, 5) is 0. The zero-order chi connectivity index (χ0) is 16.2. The van der Waals surface area contributed by atoms with Gasteiger partial charge in [0.25, 0.3) is 0 Å². The van der Waals surface area contributed by atoms with Crippen LogP contribution in [0.5, 0.6) is 11.5 Å². The van der Waals surface area contributed by atoms with Crippen molar-refractivity contribution in [3.05, 3.63) is 91.3 Å². The Labute approximate surface area is 138 Å². The van der Waals surface area contributed by atoms with Crippen molar-refractivity contribution in [3.8, 4) is 11.5 Å². The van der Waals surface area contributed by atoms with E-state index in [4.69, 9.17) is 0 Å². The van der Waals surface area contributed by atoms with E-state index in [1.165, 1.54) is 5.57 Å². The summed E-state index contributed by atoms with van der Waals surface area (Å²) < 4.78 is 0. The number of phenols is 2. The molecule has 5 radical (unpaired) electrons. The Morgan fingerprint density at radius 1 is 0.826 bits per heavy atom. The van der Waals surface area contributed by atoms with Gasteiger partial charge in [0.1, 0.15) is 11.5 Å². The van der Waals surface area contributed by atoms with E-state index in [1.807, 2.05) is 37.1 Å². The second-order valence-electron chi connectivity index (χ2n) is 5.48. The molecule has 1 fully saturated rings. The molecule has 2 N–H and O–H groups in total. The number of aromatic hydroxyl groups is 2. The average molecular weight is 303 g/mol. The number of phenolic OH excluding ortho intramolecular Hbond substituents is 2. The maximum Gasteiger partial charge on any atom is 0.116 e. The molecule has 0 amide bonds. The van der Waals surface area contributed by atoms with E-state index in [-0.39, 0.29) is 11.5 Å². The molecule has 0 saturated heterocycles. The van der Waals surface area contributed by atoms with Gasteiger partial charge in [0.2, 0.25) is 0 Å². The van der Waals surface area contributed by atoms with Gasteiger partial charge in [-0.15, -0.1) is 0 Å². The number of hydrogen-bond acceptors (Lipinski definition) is 2. The number of hydrogen-bond donors (Lipinski definition) is 2. The van der Waals surface area contributed by atoms with Gasteiger partial charge in [0.05, 0.1) is 0 Å². The third-order valence-electron chi connectivity index (χ3n) is 3.96. The van der Waals surface area contributed by atoms with Crippen LogP contribution < -0.4 is 0 Å². The summed E-state index contributed by atoms with van der Waals surface area (Å²) in [6, 6.07) is 14.6. The van der Waals surface area contributed by atoms with E-state index in [1.54, 1.807) is 24.3 Å². The van der Waals surface area contributed by atoms with E-state index in [9.17, 15) is 10.2 Å². The first-order valence-electron chi connectivity index (χ1n) is 7.73. The molecule has 0 aliphatic heterocycles. The molecule has 0 heterocycles. The van der Waals surface area contributed by atoms with E-state index in [2.05, 4.69) is 19.8 Å². The highest BCUT2D eigenvalue weighted by molar-refractivity contribution is 5.99. The van der Waals surface area contributed by atoms with Gasteiger partial charge in [-0.3, -0.25) is 0 Å². The van der Waals surface area contributed by atoms with Gasteiger partial charge in [0, 0.05) is 5.92 Å². The first-order chi connectivity index (χ1) is 11.2. The normalized spacial score (nSPS) is 16.4. The van der Waals surface area contributed by atoms with Crippen molar-refractivity contribution in [2.75, 3.05) is 0 Å². The molecule has 1 aliphatic rings. The lowest BCUT2D eigenvalue weighted by Gasteiger charge is -2.20. The standard InChI is InChI=1S/C21H19O2/c1-2-20(15-10-12-18(22)13-11-15)21(16-6-3-4-7-16)17-8-5-9-19(23)14-17/h3-14,22-23H,2H2,1H3/b21-20+. The SMILES string of the molecule is CC/C(=C(/[C]1[CH][CH][CH][CH]1)c1cccc(O)c1)c1ccc(O)cc1. The second kappa shape index (κ2) is 6.91. The maximum absolute atomic E-state index is 9.87. The van der Waals surface area contributed by atoms with Crippen LogP contribution in [0.2, 0.25) is 0 Å². The zero-order valence-corrected chi connectivity index (χ0v) is 13.0. The van der Waals surface area contributed by atoms with Crippen molar-refractivity contribution in [3.63, 3.8) is 0 Å². The van der Waals surface area contributed by atoms with Gasteiger partial charge in [-0.25, -0.2) is 0 Å². The highest BCUT2D eigenvalue weighted by Gasteiger charge is 2.25. The third-order valence-corrected chi connectivity index (χ3v) is 3.96.